The van der Waals surface area contributed by atoms with E-state index < -0.39 is 0 Å². The first-order chi connectivity index (χ1) is 20.1. The molecule has 2 aromatic carbocycles. The van der Waals surface area contributed by atoms with E-state index in [1.54, 1.807) is 18.2 Å². The molecule has 0 saturated heterocycles. The molecule has 0 aliphatic rings. The van der Waals surface area contributed by atoms with E-state index >= 15 is 0 Å². The van der Waals surface area contributed by atoms with Crippen LogP contribution >= 0.6 is 0 Å². The van der Waals surface area contributed by atoms with Gasteiger partial charge in [0.05, 0.1) is 0 Å². The minimum atomic E-state index is -0.316. The van der Waals surface area contributed by atoms with Gasteiger partial charge in [0.15, 0.2) is 0 Å². The third-order valence-corrected chi connectivity index (χ3v) is 7.94. The zero-order valence-corrected chi connectivity index (χ0v) is 26.3. The van der Waals surface area contributed by atoms with Gasteiger partial charge in [-0.2, -0.15) is 0 Å². The molecule has 0 saturated carbocycles. The summed E-state index contributed by atoms with van der Waals surface area (Å²) in [5.41, 5.74) is 4.77. The fourth-order valence-corrected chi connectivity index (χ4v) is 5.53. The van der Waals surface area contributed by atoms with Crippen LogP contribution in [0.2, 0.25) is 0 Å². The fourth-order valence-electron chi connectivity index (χ4n) is 5.53. The molecule has 3 heteroatoms. The van der Waals surface area contributed by atoms with Gasteiger partial charge in [0.2, 0.25) is 0 Å². The second-order valence-electron chi connectivity index (χ2n) is 11.3. The molecule has 2 aromatic rings. The number of phenols is 1. The quantitative estimate of drug-likeness (QED) is 0.0512. The number of carbonyl (C=O) groups excluding carboxylic acids is 1. The van der Waals surface area contributed by atoms with Crippen molar-refractivity contribution in [2.45, 2.75) is 136 Å². The minimum absolute atomic E-state index is 0.275. The number of unbranched alkanes of at least 4 members (excludes halogenated alkanes) is 15. The Bertz CT molecular complexity index is 1010. The predicted octanol–water partition coefficient (Wildman–Crippen LogP) is 11.8. The minimum Gasteiger partial charge on any atom is -0.508 e. The molecule has 41 heavy (non-hydrogen) atoms. The number of hydrogen-bond donors (Lipinski definition) is 1. The highest BCUT2D eigenvalue weighted by molar-refractivity contribution is 5.91. The van der Waals surface area contributed by atoms with Crippen molar-refractivity contribution in [2.75, 3.05) is 0 Å². The molecule has 3 nitrogen and oxygen atoms in total. The Labute approximate surface area is 251 Å². The molecule has 0 aliphatic heterocycles. The lowest BCUT2D eigenvalue weighted by Crippen LogP contribution is -2.03. The van der Waals surface area contributed by atoms with E-state index in [2.05, 4.69) is 20.8 Å². The topological polar surface area (TPSA) is 46.5 Å². The van der Waals surface area contributed by atoms with Gasteiger partial charge < -0.3 is 9.84 Å². The number of benzene rings is 2. The summed E-state index contributed by atoms with van der Waals surface area (Å²) in [5.74, 6) is 0.522. The Morgan fingerprint density at radius 3 is 1.46 bits per heavy atom. The lowest BCUT2D eigenvalue weighted by atomic mass is 9.91. The number of aromatic hydroxyl groups is 1. The summed E-state index contributed by atoms with van der Waals surface area (Å²) in [6.07, 6.45) is 26.7. The van der Waals surface area contributed by atoms with Crippen molar-refractivity contribution in [2.24, 2.45) is 0 Å². The fraction of sp³-hybridized carbons (Fsp3) is 0.553. The van der Waals surface area contributed by atoms with Crippen LogP contribution in [0.1, 0.15) is 147 Å². The third kappa shape index (κ3) is 14.6. The first-order valence-electron chi connectivity index (χ1n) is 16.6. The van der Waals surface area contributed by atoms with Crippen molar-refractivity contribution >= 4 is 17.1 Å². The normalized spacial score (nSPS) is 12.1. The smallest absolute Gasteiger partial charge is 0.335 e. The summed E-state index contributed by atoms with van der Waals surface area (Å²) >= 11 is 0. The van der Waals surface area contributed by atoms with E-state index in [0.717, 1.165) is 36.8 Å². The van der Waals surface area contributed by atoms with Crippen LogP contribution in [0.5, 0.6) is 11.5 Å². The molecule has 0 radical (unpaired) electrons. The van der Waals surface area contributed by atoms with Gasteiger partial charge in [-0.3, -0.25) is 0 Å². The average Bonchev–Trinajstić information content (AvgIpc) is 2.98. The van der Waals surface area contributed by atoms with Gasteiger partial charge in [-0.1, -0.05) is 141 Å². The van der Waals surface area contributed by atoms with Gasteiger partial charge in [0, 0.05) is 6.08 Å². The van der Waals surface area contributed by atoms with Crippen molar-refractivity contribution in [1.82, 2.24) is 0 Å². The molecular formula is C38H56O3. The number of carbonyl (C=O) groups is 1. The molecule has 0 bridgehead atoms. The molecule has 2 rings (SSSR count). The van der Waals surface area contributed by atoms with Crippen LogP contribution in [0.15, 0.2) is 60.7 Å². The summed E-state index contributed by atoms with van der Waals surface area (Å²) in [6.45, 7) is 6.59. The number of esters is 1. The van der Waals surface area contributed by atoms with E-state index in [9.17, 15) is 9.90 Å². The van der Waals surface area contributed by atoms with E-state index in [4.69, 9.17) is 4.74 Å². The summed E-state index contributed by atoms with van der Waals surface area (Å²) in [5, 5.41) is 9.64. The molecular weight excluding hydrogens is 504 g/mol. The standard InChI is InChI=1S/C38H56O3/c1-4-7-8-9-10-11-12-13-14-15-16-17-18-19-20-21-22-23-38(40)41-35-30-26-33(27-31-35)37(6-3)36(5-2)32-24-28-34(39)29-25-32/h22-31,39H,4-21H2,1-3H3. The van der Waals surface area contributed by atoms with Crippen LogP contribution in [0.3, 0.4) is 0 Å². The van der Waals surface area contributed by atoms with Crippen LogP contribution in [-0.2, 0) is 4.79 Å². The van der Waals surface area contributed by atoms with E-state index in [0.29, 0.717) is 5.75 Å². The third-order valence-electron chi connectivity index (χ3n) is 7.94. The summed E-state index contributed by atoms with van der Waals surface area (Å²) in [4.78, 5) is 12.3. The van der Waals surface area contributed by atoms with Gasteiger partial charge in [0.25, 0.3) is 0 Å². The highest BCUT2D eigenvalue weighted by atomic mass is 16.5. The Balaban J connectivity index is 1.60. The zero-order chi connectivity index (χ0) is 29.5. The van der Waals surface area contributed by atoms with Crippen LogP contribution in [0.25, 0.3) is 11.1 Å². The lowest BCUT2D eigenvalue weighted by Gasteiger charge is -2.14. The van der Waals surface area contributed by atoms with Crippen molar-refractivity contribution in [1.29, 1.82) is 0 Å². The van der Waals surface area contributed by atoms with Gasteiger partial charge >= 0.3 is 5.97 Å². The number of phenolic OH excluding ortho intramolecular Hbond substituents is 1. The maximum Gasteiger partial charge on any atom is 0.335 e. The monoisotopic (exact) mass is 560 g/mol. The van der Waals surface area contributed by atoms with E-state index in [1.807, 2.05) is 42.5 Å². The molecule has 0 atom stereocenters. The Morgan fingerprint density at radius 2 is 1.02 bits per heavy atom. The van der Waals surface area contributed by atoms with Crippen LogP contribution in [0.4, 0.5) is 0 Å². The van der Waals surface area contributed by atoms with E-state index in [-0.39, 0.29) is 11.7 Å². The highest BCUT2D eigenvalue weighted by Gasteiger charge is 2.10. The summed E-state index contributed by atoms with van der Waals surface area (Å²) < 4.78 is 5.53. The summed E-state index contributed by atoms with van der Waals surface area (Å²) in [6, 6.07) is 15.2. The Hall–Kier alpha value is -2.81. The van der Waals surface area contributed by atoms with Crippen LogP contribution < -0.4 is 4.74 Å². The van der Waals surface area contributed by atoms with Gasteiger partial charge in [0.1, 0.15) is 11.5 Å². The molecule has 0 amide bonds. The highest BCUT2D eigenvalue weighted by Crippen LogP contribution is 2.32. The number of hydrogen-bond acceptors (Lipinski definition) is 3. The molecule has 1 N–H and O–H groups in total. The van der Waals surface area contributed by atoms with Crippen molar-refractivity contribution in [3.05, 3.63) is 71.8 Å². The van der Waals surface area contributed by atoms with Crippen LogP contribution in [-0.4, -0.2) is 11.1 Å². The van der Waals surface area contributed by atoms with Crippen molar-refractivity contribution < 1.29 is 14.6 Å². The zero-order valence-electron chi connectivity index (χ0n) is 26.3. The predicted molar refractivity (Wildman–Crippen MR) is 176 cm³/mol. The Morgan fingerprint density at radius 1 is 0.610 bits per heavy atom. The van der Waals surface area contributed by atoms with Crippen LogP contribution in [0, 0.1) is 0 Å². The molecule has 0 spiro atoms. The van der Waals surface area contributed by atoms with E-state index in [1.165, 1.54) is 101 Å². The second-order valence-corrected chi connectivity index (χ2v) is 11.3. The second kappa shape index (κ2) is 21.9. The molecule has 0 heterocycles. The SMILES string of the molecule is CCCCCCCCCCCCCCCCCC=CC(=O)Oc1ccc(C(CC)=C(CC)c2ccc(O)cc2)cc1. The first kappa shape index (κ1) is 34.4. The average molecular weight is 561 g/mol. The van der Waals surface area contributed by atoms with Gasteiger partial charge in [-0.05, 0) is 72.2 Å². The maximum atomic E-state index is 12.3. The molecule has 0 aromatic heterocycles. The van der Waals surface area contributed by atoms with Gasteiger partial charge in [-0.15, -0.1) is 0 Å². The molecule has 0 fully saturated rings. The Kier molecular flexibility index (Phi) is 18.3. The molecule has 0 aliphatic carbocycles. The molecule has 0 unspecified atom stereocenters. The van der Waals surface area contributed by atoms with Crippen molar-refractivity contribution in [3.8, 4) is 11.5 Å². The first-order valence-corrected chi connectivity index (χ1v) is 16.6. The number of ether oxygens (including phenoxy) is 1. The lowest BCUT2D eigenvalue weighted by molar-refractivity contribution is -0.129. The maximum absolute atomic E-state index is 12.3. The number of rotatable bonds is 22. The molecule has 226 valence electrons. The van der Waals surface area contributed by atoms with Crippen molar-refractivity contribution in [3.63, 3.8) is 0 Å². The summed E-state index contributed by atoms with van der Waals surface area (Å²) in [7, 11) is 0. The largest absolute Gasteiger partial charge is 0.508 e. The number of allylic oxidation sites excluding steroid dienone is 3. The van der Waals surface area contributed by atoms with Gasteiger partial charge in [-0.25, -0.2) is 4.79 Å².